The zero-order chi connectivity index (χ0) is 27.0. The number of nitrogens with one attached hydrogen (secondary N) is 1. The van der Waals surface area contributed by atoms with E-state index < -0.39 is 16.1 Å². The van der Waals surface area contributed by atoms with E-state index in [2.05, 4.69) is 5.32 Å². The minimum atomic E-state index is -3.60. The molecular formula is C27H37N3O6S. The summed E-state index contributed by atoms with van der Waals surface area (Å²) < 4.78 is 37.0. The number of unbranched alkanes of at least 4 members (excludes halogenated alkanes) is 1. The van der Waals surface area contributed by atoms with Crippen LogP contribution in [0.5, 0.6) is 11.5 Å². The van der Waals surface area contributed by atoms with Crippen LogP contribution in [0.2, 0.25) is 0 Å². The van der Waals surface area contributed by atoms with Crippen molar-refractivity contribution < 1.29 is 27.5 Å². The quantitative estimate of drug-likeness (QED) is 0.396. The third kappa shape index (κ3) is 7.85. The Morgan fingerprint density at radius 1 is 1.05 bits per heavy atom. The monoisotopic (exact) mass is 531 g/mol. The molecule has 1 heterocycles. The van der Waals surface area contributed by atoms with Crippen LogP contribution < -0.4 is 19.1 Å². The maximum absolute atomic E-state index is 13.4. The fourth-order valence-corrected chi connectivity index (χ4v) is 5.01. The van der Waals surface area contributed by atoms with Crippen molar-refractivity contribution in [2.24, 2.45) is 0 Å². The summed E-state index contributed by atoms with van der Waals surface area (Å²) in [6.45, 7) is 6.82. The minimum Gasteiger partial charge on any atom is -0.454 e. The number of amides is 2. The highest BCUT2D eigenvalue weighted by atomic mass is 32.2. The number of rotatable bonds is 13. The van der Waals surface area contributed by atoms with E-state index in [0.29, 0.717) is 30.3 Å². The molecule has 2 aromatic rings. The second kappa shape index (κ2) is 12.8. The van der Waals surface area contributed by atoms with Crippen LogP contribution in [0.25, 0.3) is 0 Å². The molecule has 10 heteroatoms. The van der Waals surface area contributed by atoms with E-state index in [9.17, 15) is 18.0 Å². The largest absolute Gasteiger partial charge is 0.454 e. The van der Waals surface area contributed by atoms with Gasteiger partial charge < -0.3 is 19.7 Å². The van der Waals surface area contributed by atoms with Gasteiger partial charge in [0.1, 0.15) is 6.04 Å². The Bertz CT molecular complexity index is 1180. The lowest BCUT2D eigenvalue weighted by atomic mass is 10.1. The molecule has 2 amide bonds. The number of ether oxygens (including phenoxy) is 2. The van der Waals surface area contributed by atoms with Crippen molar-refractivity contribution in [1.29, 1.82) is 0 Å². The molecule has 37 heavy (non-hydrogen) atoms. The van der Waals surface area contributed by atoms with E-state index in [1.54, 1.807) is 30.0 Å². The summed E-state index contributed by atoms with van der Waals surface area (Å²) in [5.41, 5.74) is 2.47. The first-order valence-corrected chi connectivity index (χ1v) is 14.4. The first kappa shape index (κ1) is 28.3. The summed E-state index contributed by atoms with van der Waals surface area (Å²) in [7, 11) is -3.60. The molecule has 202 valence electrons. The van der Waals surface area contributed by atoms with E-state index in [1.165, 1.54) is 4.31 Å². The van der Waals surface area contributed by atoms with Gasteiger partial charge in [-0.3, -0.25) is 13.9 Å². The fraction of sp³-hybridized carbons (Fsp3) is 0.481. The molecule has 9 nitrogen and oxygen atoms in total. The summed E-state index contributed by atoms with van der Waals surface area (Å²) in [6.07, 6.45) is 3.34. The molecule has 2 aromatic carbocycles. The van der Waals surface area contributed by atoms with Crippen molar-refractivity contribution in [1.82, 2.24) is 10.2 Å². The van der Waals surface area contributed by atoms with Gasteiger partial charge in [-0.15, -0.1) is 0 Å². The molecule has 1 aliphatic rings. The summed E-state index contributed by atoms with van der Waals surface area (Å²) in [6, 6.07) is 12.1. The van der Waals surface area contributed by atoms with E-state index >= 15 is 0 Å². The number of anilines is 1. The molecule has 0 fully saturated rings. The SMILES string of the molecule is CCCCNC(=O)[C@@H](C)N(Cc1ccc(C)cc1)C(=O)CCCN(c1ccc2c(c1)OCO2)S(C)(=O)=O. The number of hydrogen-bond donors (Lipinski definition) is 1. The molecule has 3 rings (SSSR count). The normalized spacial score (nSPS) is 13.2. The standard InChI is InChI=1S/C27H37N3O6S/c1-5-6-15-28-27(32)21(3)29(18-22-11-9-20(2)10-12-22)26(31)8-7-16-30(37(4,33)34)23-13-14-24-25(17-23)36-19-35-24/h9-14,17,21H,5-8,15-16,18-19H2,1-4H3,(H,28,32)/t21-/m1/s1. The number of nitrogens with zero attached hydrogens (tertiary/aromatic N) is 2. The van der Waals surface area contributed by atoms with Gasteiger partial charge in [0.15, 0.2) is 11.5 Å². The Hall–Kier alpha value is -3.27. The van der Waals surface area contributed by atoms with E-state index in [4.69, 9.17) is 9.47 Å². The zero-order valence-corrected chi connectivity index (χ0v) is 22.8. The van der Waals surface area contributed by atoms with Crippen molar-refractivity contribution in [3.8, 4) is 11.5 Å². The highest BCUT2D eigenvalue weighted by molar-refractivity contribution is 7.92. The van der Waals surface area contributed by atoms with Gasteiger partial charge in [-0.25, -0.2) is 8.42 Å². The molecule has 0 aromatic heterocycles. The summed E-state index contributed by atoms with van der Waals surface area (Å²) in [5, 5.41) is 2.91. The Balaban J connectivity index is 1.70. The van der Waals surface area contributed by atoms with E-state index in [-0.39, 0.29) is 38.0 Å². The molecule has 0 bridgehead atoms. The highest BCUT2D eigenvalue weighted by Gasteiger charge is 2.27. The van der Waals surface area contributed by atoms with Crippen LogP contribution in [0.15, 0.2) is 42.5 Å². The van der Waals surface area contributed by atoms with E-state index in [1.807, 2.05) is 38.1 Å². The van der Waals surface area contributed by atoms with Crippen LogP contribution >= 0.6 is 0 Å². The molecule has 0 saturated carbocycles. The average Bonchev–Trinajstić information content (AvgIpc) is 3.33. The fourth-order valence-electron chi connectivity index (χ4n) is 4.05. The Kier molecular flexibility index (Phi) is 9.79. The van der Waals surface area contributed by atoms with Crippen LogP contribution in [-0.4, -0.2) is 57.3 Å². The molecular weight excluding hydrogens is 494 g/mol. The van der Waals surface area contributed by atoms with Crippen molar-refractivity contribution in [3.05, 3.63) is 53.6 Å². The number of carbonyl (C=O) groups is 2. The number of hydrogen-bond acceptors (Lipinski definition) is 6. The zero-order valence-electron chi connectivity index (χ0n) is 22.0. The van der Waals surface area contributed by atoms with Crippen LogP contribution in [0.3, 0.4) is 0 Å². The third-order valence-corrected chi connectivity index (χ3v) is 7.46. The number of sulfonamides is 1. The first-order valence-electron chi connectivity index (χ1n) is 12.6. The lowest BCUT2D eigenvalue weighted by Crippen LogP contribution is -2.48. The molecule has 0 radical (unpaired) electrons. The van der Waals surface area contributed by atoms with Crippen molar-refractivity contribution in [2.75, 3.05) is 30.4 Å². The van der Waals surface area contributed by atoms with Gasteiger partial charge in [-0.2, -0.15) is 0 Å². The van der Waals surface area contributed by atoms with Gasteiger partial charge in [-0.1, -0.05) is 43.2 Å². The smallest absolute Gasteiger partial charge is 0.242 e. The lowest BCUT2D eigenvalue weighted by molar-refractivity contribution is -0.140. The predicted octanol–water partition coefficient (Wildman–Crippen LogP) is 3.60. The summed E-state index contributed by atoms with van der Waals surface area (Å²) >= 11 is 0. The average molecular weight is 532 g/mol. The van der Waals surface area contributed by atoms with Crippen LogP contribution in [0.4, 0.5) is 5.69 Å². The van der Waals surface area contributed by atoms with Crippen molar-refractivity contribution in [3.63, 3.8) is 0 Å². The third-order valence-electron chi connectivity index (χ3n) is 6.27. The van der Waals surface area contributed by atoms with Crippen LogP contribution in [0, 0.1) is 6.92 Å². The van der Waals surface area contributed by atoms with Crippen LogP contribution in [-0.2, 0) is 26.2 Å². The maximum Gasteiger partial charge on any atom is 0.242 e. The lowest BCUT2D eigenvalue weighted by Gasteiger charge is -2.29. The van der Waals surface area contributed by atoms with E-state index in [0.717, 1.165) is 30.2 Å². The molecule has 0 unspecified atom stereocenters. The second-order valence-corrected chi connectivity index (χ2v) is 11.2. The molecule has 0 spiro atoms. The number of aryl methyl sites for hydroxylation is 1. The number of benzene rings is 2. The first-order chi connectivity index (χ1) is 17.6. The molecule has 1 aliphatic heterocycles. The second-order valence-electron chi connectivity index (χ2n) is 9.30. The molecule has 0 saturated heterocycles. The van der Waals surface area contributed by atoms with Gasteiger partial charge in [0, 0.05) is 32.1 Å². The van der Waals surface area contributed by atoms with Gasteiger partial charge in [0.25, 0.3) is 0 Å². The Morgan fingerprint density at radius 2 is 1.76 bits per heavy atom. The number of fused-ring (bicyclic) bond motifs is 1. The minimum absolute atomic E-state index is 0.0905. The van der Waals surface area contributed by atoms with Gasteiger partial charge >= 0.3 is 0 Å². The van der Waals surface area contributed by atoms with Gasteiger partial charge in [-0.05, 0) is 44.4 Å². The maximum atomic E-state index is 13.4. The van der Waals surface area contributed by atoms with Gasteiger partial charge in [0.05, 0.1) is 11.9 Å². The van der Waals surface area contributed by atoms with Gasteiger partial charge in [0.2, 0.25) is 28.6 Å². The van der Waals surface area contributed by atoms with Crippen molar-refractivity contribution in [2.45, 2.75) is 59.0 Å². The van der Waals surface area contributed by atoms with Crippen LogP contribution in [0.1, 0.15) is 50.7 Å². The topological polar surface area (TPSA) is 105 Å². The summed E-state index contributed by atoms with van der Waals surface area (Å²) in [4.78, 5) is 27.7. The Labute approximate surface area is 219 Å². The van der Waals surface area contributed by atoms with Crippen molar-refractivity contribution >= 4 is 27.5 Å². The number of carbonyl (C=O) groups excluding carboxylic acids is 2. The molecule has 1 N–H and O–H groups in total. The Morgan fingerprint density at radius 3 is 2.43 bits per heavy atom. The predicted molar refractivity (Wildman–Crippen MR) is 143 cm³/mol. The summed E-state index contributed by atoms with van der Waals surface area (Å²) in [5.74, 6) is 0.629. The molecule has 1 atom stereocenters. The molecule has 0 aliphatic carbocycles. The highest BCUT2D eigenvalue weighted by Crippen LogP contribution is 2.36.